The van der Waals surface area contributed by atoms with E-state index in [1.54, 1.807) is 0 Å². The average molecular weight is 244 g/mol. The third-order valence-corrected chi connectivity index (χ3v) is 3.96. The fraction of sp³-hybridized carbons (Fsp3) is 0.533. The molecule has 96 valence electrons. The minimum atomic E-state index is -0.337. The van der Waals surface area contributed by atoms with E-state index >= 15 is 0 Å². The van der Waals surface area contributed by atoms with Gasteiger partial charge in [0, 0.05) is 12.2 Å². The average Bonchev–Trinajstić information content (AvgIpc) is 2.29. The molecule has 0 unspecified atom stereocenters. The molecular weight excluding hydrogens is 224 g/mol. The number of nitriles is 1. The molecule has 0 aliphatic carbocycles. The molecule has 0 bridgehead atoms. The summed E-state index contributed by atoms with van der Waals surface area (Å²) in [4.78, 5) is 0. The van der Waals surface area contributed by atoms with E-state index in [0.717, 1.165) is 0 Å². The molecule has 1 aliphatic rings. The Bertz CT molecular complexity index is 484. The molecule has 0 atom stereocenters. The van der Waals surface area contributed by atoms with Crippen LogP contribution in [0.2, 0.25) is 0 Å². The number of anilines is 1. The van der Waals surface area contributed by atoms with Crippen molar-refractivity contribution in [3.05, 3.63) is 28.3 Å². The number of aryl methyl sites for hydroxylation is 2. The van der Waals surface area contributed by atoms with E-state index in [9.17, 15) is 5.26 Å². The minimum Gasteiger partial charge on any atom is -0.383 e. The van der Waals surface area contributed by atoms with E-state index in [1.807, 2.05) is 0 Å². The first-order chi connectivity index (χ1) is 8.49. The molecule has 1 N–H and O–H groups in total. The number of nitrogens with one attached hydrogen (secondary N) is 1. The van der Waals surface area contributed by atoms with Crippen LogP contribution in [0.5, 0.6) is 0 Å². The second-order valence-electron chi connectivity index (χ2n) is 5.37. The van der Waals surface area contributed by atoms with Gasteiger partial charge >= 0.3 is 0 Å². The maximum Gasteiger partial charge on any atom is 0.121 e. The Morgan fingerprint density at radius 3 is 2.17 bits per heavy atom. The largest absolute Gasteiger partial charge is 0.383 e. The molecule has 0 amide bonds. The number of rotatable bonds is 3. The molecule has 3 heteroatoms. The van der Waals surface area contributed by atoms with Gasteiger partial charge in [-0.3, -0.25) is 0 Å². The van der Waals surface area contributed by atoms with Gasteiger partial charge in [-0.15, -0.1) is 0 Å². The SMILES string of the molecule is Cc1cc(C)c(C)c(NCC2(C#N)COC2)c1C. The number of hydrogen-bond acceptors (Lipinski definition) is 3. The van der Waals surface area contributed by atoms with Gasteiger partial charge in [-0.2, -0.15) is 5.26 Å². The van der Waals surface area contributed by atoms with E-state index in [-0.39, 0.29) is 5.41 Å². The summed E-state index contributed by atoms with van der Waals surface area (Å²) in [7, 11) is 0. The van der Waals surface area contributed by atoms with E-state index in [2.05, 4.69) is 45.1 Å². The van der Waals surface area contributed by atoms with Crippen molar-refractivity contribution in [2.24, 2.45) is 5.41 Å². The van der Waals surface area contributed by atoms with Crippen LogP contribution in [0, 0.1) is 44.4 Å². The van der Waals surface area contributed by atoms with Crippen molar-refractivity contribution >= 4 is 5.69 Å². The van der Waals surface area contributed by atoms with Gasteiger partial charge in [0.05, 0.1) is 19.3 Å². The summed E-state index contributed by atoms with van der Waals surface area (Å²) in [6.45, 7) is 10.2. The zero-order valence-corrected chi connectivity index (χ0v) is 11.6. The first-order valence-electron chi connectivity index (χ1n) is 6.29. The van der Waals surface area contributed by atoms with Gasteiger partial charge in [-0.05, 0) is 49.9 Å². The van der Waals surface area contributed by atoms with E-state index < -0.39 is 0 Å². The topological polar surface area (TPSA) is 45.0 Å². The molecule has 3 nitrogen and oxygen atoms in total. The Labute approximate surface area is 109 Å². The molecule has 1 saturated heterocycles. The highest BCUT2D eigenvalue weighted by atomic mass is 16.5. The monoisotopic (exact) mass is 244 g/mol. The van der Waals surface area contributed by atoms with Crippen molar-refractivity contribution in [1.82, 2.24) is 0 Å². The van der Waals surface area contributed by atoms with Crippen molar-refractivity contribution in [3.8, 4) is 6.07 Å². The van der Waals surface area contributed by atoms with Crippen molar-refractivity contribution in [1.29, 1.82) is 5.26 Å². The molecule has 1 heterocycles. The summed E-state index contributed by atoms with van der Waals surface area (Å²) in [5.41, 5.74) is 5.95. The molecule has 1 fully saturated rings. The van der Waals surface area contributed by atoms with Crippen molar-refractivity contribution in [2.45, 2.75) is 27.7 Å². The smallest absolute Gasteiger partial charge is 0.121 e. The lowest BCUT2D eigenvalue weighted by Gasteiger charge is -2.35. The van der Waals surface area contributed by atoms with Crippen LogP contribution >= 0.6 is 0 Å². The molecule has 0 aromatic heterocycles. The molecule has 1 aliphatic heterocycles. The highest BCUT2D eigenvalue weighted by Crippen LogP contribution is 2.30. The van der Waals surface area contributed by atoms with Gasteiger partial charge in [-0.25, -0.2) is 0 Å². The highest BCUT2D eigenvalue weighted by molar-refractivity contribution is 5.62. The Kier molecular flexibility index (Phi) is 3.32. The van der Waals surface area contributed by atoms with Crippen LogP contribution in [-0.4, -0.2) is 19.8 Å². The Balaban J connectivity index is 2.22. The van der Waals surface area contributed by atoms with Crippen LogP contribution in [0.15, 0.2) is 6.07 Å². The number of benzene rings is 1. The quantitative estimate of drug-likeness (QED) is 0.889. The summed E-state index contributed by atoms with van der Waals surface area (Å²) in [5.74, 6) is 0. The van der Waals surface area contributed by atoms with Gasteiger partial charge in [0.15, 0.2) is 0 Å². The number of ether oxygens (including phenoxy) is 1. The fourth-order valence-electron chi connectivity index (χ4n) is 2.29. The third kappa shape index (κ3) is 2.09. The lowest BCUT2D eigenvalue weighted by atomic mass is 9.87. The third-order valence-electron chi connectivity index (χ3n) is 3.96. The van der Waals surface area contributed by atoms with Gasteiger partial charge in [-0.1, -0.05) is 6.07 Å². The van der Waals surface area contributed by atoms with Crippen LogP contribution < -0.4 is 5.32 Å². The zero-order chi connectivity index (χ0) is 13.3. The van der Waals surface area contributed by atoms with Crippen molar-refractivity contribution in [2.75, 3.05) is 25.1 Å². The van der Waals surface area contributed by atoms with E-state index in [1.165, 1.54) is 27.9 Å². The molecule has 18 heavy (non-hydrogen) atoms. The second-order valence-corrected chi connectivity index (χ2v) is 5.37. The molecule has 2 rings (SSSR count). The number of nitrogens with zero attached hydrogens (tertiary/aromatic N) is 1. The Hall–Kier alpha value is -1.53. The molecular formula is C15H20N2O. The van der Waals surface area contributed by atoms with Gasteiger partial charge in [0.25, 0.3) is 0 Å². The molecule has 0 radical (unpaired) electrons. The maximum atomic E-state index is 9.19. The first-order valence-corrected chi connectivity index (χ1v) is 6.29. The lowest BCUT2D eigenvalue weighted by Crippen LogP contribution is -2.46. The van der Waals surface area contributed by atoms with Crippen LogP contribution in [0.4, 0.5) is 5.69 Å². The molecule has 0 saturated carbocycles. The van der Waals surface area contributed by atoms with Crippen molar-refractivity contribution in [3.63, 3.8) is 0 Å². The van der Waals surface area contributed by atoms with E-state index in [0.29, 0.717) is 19.8 Å². The zero-order valence-electron chi connectivity index (χ0n) is 11.6. The Morgan fingerprint density at radius 2 is 1.78 bits per heavy atom. The molecule has 1 aromatic carbocycles. The summed E-state index contributed by atoms with van der Waals surface area (Å²) < 4.78 is 5.16. The van der Waals surface area contributed by atoms with Gasteiger partial charge < -0.3 is 10.1 Å². The second kappa shape index (κ2) is 4.62. The minimum absolute atomic E-state index is 0.337. The number of hydrogen-bond donors (Lipinski definition) is 1. The molecule has 0 spiro atoms. The predicted octanol–water partition coefficient (Wildman–Crippen LogP) is 2.87. The van der Waals surface area contributed by atoms with Crippen LogP contribution in [0.1, 0.15) is 22.3 Å². The van der Waals surface area contributed by atoms with Crippen LogP contribution in [0.3, 0.4) is 0 Å². The van der Waals surface area contributed by atoms with Gasteiger partial charge in [0.1, 0.15) is 5.41 Å². The Morgan fingerprint density at radius 1 is 1.22 bits per heavy atom. The predicted molar refractivity (Wildman–Crippen MR) is 72.7 cm³/mol. The summed E-state index contributed by atoms with van der Waals surface area (Å²) in [6, 6.07) is 4.58. The summed E-state index contributed by atoms with van der Waals surface area (Å²) in [6.07, 6.45) is 0. The normalized spacial score (nSPS) is 16.8. The first kappa shape index (κ1) is 12.9. The van der Waals surface area contributed by atoms with Crippen LogP contribution in [-0.2, 0) is 4.74 Å². The van der Waals surface area contributed by atoms with E-state index in [4.69, 9.17) is 4.74 Å². The fourth-order valence-corrected chi connectivity index (χ4v) is 2.29. The maximum absolute atomic E-state index is 9.19. The highest BCUT2D eigenvalue weighted by Gasteiger charge is 2.38. The van der Waals surface area contributed by atoms with Crippen LogP contribution in [0.25, 0.3) is 0 Å². The molecule has 1 aromatic rings. The lowest BCUT2D eigenvalue weighted by molar-refractivity contribution is -0.0690. The standard InChI is InChI=1S/C15H20N2O/c1-10-5-11(2)13(4)14(12(10)3)17-7-15(6-16)8-18-9-15/h5,17H,7-9H2,1-4H3. The van der Waals surface area contributed by atoms with Crippen molar-refractivity contribution < 1.29 is 4.74 Å². The van der Waals surface area contributed by atoms with Gasteiger partial charge in [0.2, 0.25) is 0 Å². The summed E-state index contributed by atoms with van der Waals surface area (Å²) >= 11 is 0. The summed E-state index contributed by atoms with van der Waals surface area (Å²) in [5, 5.41) is 12.6.